The zero-order valence-electron chi connectivity index (χ0n) is 40.5. The molecule has 9 heteroatoms. The Bertz CT molecular complexity index is 1270. The molecule has 0 aliphatic carbocycles. The molecule has 0 aromatic carbocycles. The maximum absolute atomic E-state index is 13.0. The molecule has 0 saturated carbocycles. The van der Waals surface area contributed by atoms with Gasteiger partial charge in [-0.1, -0.05) is 208 Å². The predicted octanol–water partition coefficient (Wildman–Crippen LogP) is 11.9. The number of carbonyl (C=O) groups excluding carboxylic acids is 1. The van der Waals surface area contributed by atoms with E-state index in [1.807, 2.05) is 6.08 Å². The van der Waals surface area contributed by atoms with Crippen molar-refractivity contribution in [3.05, 3.63) is 85.1 Å². The third-order valence-corrected chi connectivity index (χ3v) is 11.7. The number of unbranched alkanes of at least 4 members (excludes halogenated alkanes) is 20. The summed E-state index contributed by atoms with van der Waals surface area (Å²) < 4.78 is 11.2. The molecule has 368 valence electrons. The van der Waals surface area contributed by atoms with E-state index in [0.29, 0.717) is 6.42 Å². The number of ether oxygens (including phenoxy) is 2. The van der Waals surface area contributed by atoms with Crippen LogP contribution < -0.4 is 5.32 Å². The average molecular weight is 898 g/mol. The van der Waals surface area contributed by atoms with Crippen LogP contribution in [0.25, 0.3) is 0 Å². The lowest BCUT2D eigenvalue weighted by Gasteiger charge is -2.40. The molecule has 0 spiro atoms. The Balaban J connectivity index is 2.17. The van der Waals surface area contributed by atoms with Crippen LogP contribution in [0.1, 0.15) is 200 Å². The molecule has 1 rings (SSSR count). The van der Waals surface area contributed by atoms with E-state index in [9.17, 15) is 30.3 Å². The van der Waals surface area contributed by atoms with E-state index in [1.54, 1.807) is 6.08 Å². The summed E-state index contributed by atoms with van der Waals surface area (Å²) in [6.45, 7) is 3.62. The van der Waals surface area contributed by atoms with Crippen LogP contribution in [0.4, 0.5) is 0 Å². The maximum Gasteiger partial charge on any atom is 0.220 e. The van der Waals surface area contributed by atoms with Crippen LogP contribution >= 0.6 is 0 Å². The minimum absolute atomic E-state index is 0.185. The molecule has 1 fully saturated rings. The first-order valence-corrected chi connectivity index (χ1v) is 25.8. The molecule has 0 radical (unpaired) electrons. The number of nitrogens with one attached hydrogen (secondary N) is 1. The lowest BCUT2D eigenvalue weighted by Crippen LogP contribution is -2.60. The number of amides is 1. The molecule has 9 nitrogen and oxygen atoms in total. The predicted molar refractivity (Wildman–Crippen MR) is 267 cm³/mol. The molecule has 64 heavy (non-hydrogen) atoms. The van der Waals surface area contributed by atoms with E-state index in [0.717, 1.165) is 77.0 Å². The van der Waals surface area contributed by atoms with Crippen molar-refractivity contribution in [2.45, 2.75) is 243 Å². The van der Waals surface area contributed by atoms with Crippen molar-refractivity contribution >= 4 is 5.91 Å². The summed E-state index contributed by atoms with van der Waals surface area (Å²) in [6, 6.07) is -0.808. The van der Waals surface area contributed by atoms with Crippen LogP contribution in [0.3, 0.4) is 0 Å². The Morgan fingerprint density at radius 3 is 1.44 bits per heavy atom. The van der Waals surface area contributed by atoms with Crippen LogP contribution in [-0.2, 0) is 14.3 Å². The third kappa shape index (κ3) is 33.8. The Kier molecular flexibility index (Phi) is 41.0. The molecule has 7 atom stereocenters. The Hall–Kier alpha value is -2.63. The second-order valence-electron chi connectivity index (χ2n) is 17.6. The minimum atomic E-state index is -1.57. The molecule has 7 unspecified atom stereocenters. The fourth-order valence-corrected chi connectivity index (χ4v) is 7.63. The fourth-order valence-electron chi connectivity index (χ4n) is 7.63. The minimum Gasteiger partial charge on any atom is -0.394 e. The molecule has 1 saturated heterocycles. The molecular weight excluding hydrogens is 803 g/mol. The molecule has 0 bridgehead atoms. The van der Waals surface area contributed by atoms with Crippen molar-refractivity contribution in [3.8, 4) is 0 Å². The molecule has 1 heterocycles. The summed E-state index contributed by atoms with van der Waals surface area (Å²) >= 11 is 0. The van der Waals surface area contributed by atoms with E-state index < -0.39 is 49.5 Å². The first-order valence-electron chi connectivity index (χ1n) is 25.8. The maximum atomic E-state index is 13.0. The van der Waals surface area contributed by atoms with Crippen LogP contribution in [0.2, 0.25) is 0 Å². The standard InChI is InChI=1S/C55H95NO8/c1-3-5-7-9-11-13-15-16-17-18-19-20-21-22-23-24-25-26-27-28-29-30-31-32-33-34-35-37-39-41-43-45-51(59)56-48(47-63-55-54(62)53(61)52(60)50(46-57)64-55)49(58)44-42-40-38-36-14-12-10-8-6-4-2/h5,7,11,13,16-17,19-20,22-23,25-26,42,44,48-50,52-55,57-58,60-62H,3-4,6,8-10,12,14-15,18,21,24,27-41,43,45-47H2,1-2H3,(H,56,59)/b7-5-,13-11-,17-16-,20-19-,23-22-,26-25-,44-42+. The highest BCUT2D eigenvalue weighted by atomic mass is 16.7. The van der Waals surface area contributed by atoms with Gasteiger partial charge in [0.2, 0.25) is 5.91 Å². The number of rotatable bonds is 42. The molecule has 1 aliphatic rings. The van der Waals surface area contributed by atoms with Crippen LogP contribution in [0.5, 0.6) is 0 Å². The molecule has 1 aliphatic heterocycles. The molecule has 0 aromatic heterocycles. The molecule has 6 N–H and O–H groups in total. The van der Waals surface area contributed by atoms with Crippen molar-refractivity contribution in [2.75, 3.05) is 13.2 Å². The summed E-state index contributed by atoms with van der Waals surface area (Å²) in [5, 5.41) is 54.2. The van der Waals surface area contributed by atoms with Gasteiger partial charge in [0.25, 0.3) is 0 Å². The van der Waals surface area contributed by atoms with Gasteiger partial charge in [-0.15, -0.1) is 0 Å². The second kappa shape index (κ2) is 44.2. The van der Waals surface area contributed by atoms with Gasteiger partial charge in [-0.3, -0.25) is 4.79 Å². The number of carbonyl (C=O) groups is 1. The lowest BCUT2D eigenvalue weighted by molar-refractivity contribution is -0.302. The van der Waals surface area contributed by atoms with Gasteiger partial charge in [-0.2, -0.15) is 0 Å². The van der Waals surface area contributed by atoms with Gasteiger partial charge >= 0.3 is 0 Å². The topological polar surface area (TPSA) is 149 Å². The summed E-state index contributed by atoms with van der Waals surface area (Å²) in [6.07, 6.45) is 55.0. The van der Waals surface area contributed by atoms with Crippen molar-refractivity contribution < 1.29 is 39.8 Å². The quantitative estimate of drug-likeness (QED) is 0.0262. The highest BCUT2D eigenvalue weighted by molar-refractivity contribution is 5.76. The van der Waals surface area contributed by atoms with Crippen LogP contribution in [0, 0.1) is 0 Å². The van der Waals surface area contributed by atoms with Gasteiger partial charge in [-0.05, 0) is 70.6 Å². The highest BCUT2D eigenvalue weighted by Gasteiger charge is 2.44. The summed E-state index contributed by atoms with van der Waals surface area (Å²) in [4.78, 5) is 13.0. The number of aliphatic hydroxyl groups excluding tert-OH is 5. The first-order chi connectivity index (χ1) is 31.3. The smallest absolute Gasteiger partial charge is 0.220 e. The van der Waals surface area contributed by atoms with E-state index in [-0.39, 0.29) is 12.5 Å². The van der Waals surface area contributed by atoms with Gasteiger partial charge in [0.1, 0.15) is 24.4 Å². The van der Waals surface area contributed by atoms with Gasteiger partial charge in [0, 0.05) is 6.42 Å². The normalized spacial score (nSPS) is 20.8. The van der Waals surface area contributed by atoms with E-state index in [4.69, 9.17) is 9.47 Å². The van der Waals surface area contributed by atoms with Gasteiger partial charge in [0.05, 0.1) is 25.4 Å². The third-order valence-electron chi connectivity index (χ3n) is 11.7. The second-order valence-corrected chi connectivity index (χ2v) is 17.6. The Morgan fingerprint density at radius 2 is 0.969 bits per heavy atom. The van der Waals surface area contributed by atoms with E-state index in [2.05, 4.69) is 92.1 Å². The summed E-state index contributed by atoms with van der Waals surface area (Å²) in [5.41, 5.74) is 0. The van der Waals surface area contributed by atoms with Crippen molar-refractivity contribution in [3.63, 3.8) is 0 Å². The van der Waals surface area contributed by atoms with Crippen molar-refractivity contribution in [1.29, 1.82) is 0 Å². The Labute approximate surface area is 391 Å². The van der Waals surface area contributed by atoms with Gasteiger partial charge in [-0.25, -0.2) is 0 Å². The summed E-state index contributed by atoms with van der Waals surface area (Å²) in [5.74, 6) is -0.185. The highest BCUT2D eigenvalue weighted by Crippen LogP contribution is 2.23. The molecule has 0 aromatic rings. The first kappa shape index (κ1) is 59.4. The number of allylic oxidation sites excluding steroid dienone is 13. The van der Waals surface area contributed by atoms with Gasteiger partial charge in [0.15, 0.2) is 6.29 Å². The van der Waals surface area contributed by atoms with Crippen molar-refractivity contribution in [1.82, 2.24) is 5.32 Å². The monoisotopic (exact) mass is 898 g/mol. The zero-order chi connectivity index (χ0) is 46.6. The van der Waals surface area contributed by atoms with Crippen LogP contribution in [-0.4, -0.2) is 87.5 Å². The van der Waals surface area contributed by atoms with Gasteiger partial charge < -0.3 is 40.3 Å². The number of hydrogen-bond donors (Lipinski definition) is 6. The lowest BCUT2D eigenvalue weighted by atomic mass is 9.99. The number of hydrogen-bond acceptors (Lipinski definition) is 8. The largest absolute Gasteiger partial charge is 0.394 e. The zero-order valence-corrected chi connectivity index (χ0v) is 40.5. The Morgan fingerprint density at radius 1 is 0.547 bits per heavy atom. The van der Waals surface area contributed by atoms with Crippen LogP contribution in [0.15, 0.2) is 85.1 Å². The van der Waals surface area contributed by atoms with E-state index in [1.165, 1.54) is 103 Å². The molecular formula is C55H95NO8. The fraction of sp³-hybridized carbons (Fsp3) is 0.727. The van der Waals surface area contributed by atoms with Crippen molar-refractivity contribution in [2.24, 2.45) is 0 Å². The SMILES string of the molecule is CC/C=C\C/C=C\C/C=C\C/C=C\C/C=C\C/C=C\CCCCCCCCCCCCCCC(=O)NC(COC1OC(CO)C(O)C(O)C1O)C(O)/C=C/CCCCCCCCCC. The average Bonchev–Trinajstić information content (AvgIpc) is 3.29. The van der Waals surface area contributed by atoms with E-state index >= 15 is 0 Å². The molecule has 1 amide bonds. The number of aliphatic hydroxyl groups is 5. The summed E-state index contributed by atoms with van der Waals surface area (Å²) in [7, 11) is 0.